The number of rotatable bonds is 8. The van der Waals surface area contributed by atoms with E-state index in [2.05, 4.69) is 31.2 Å². The molecule has 1 atom stereocenters. The Kier molecular flexibility index (Phi) is 7.72. The average molecular weight is 522 g/mol. The van der Waals surface area contributed by atoms with Crippen molar-refractivity contribution < 1.29 is 9.53 Å². The van der Waals surface area contributed by atoms with Gasteiger partial charge in [-0.05, 0) is 55.4 Å². The molecule has 35 heavy (non-hydrogen) atoms. The predicted octanol–water partition coefficient (Wildman–Crippen LogP) is 6.42. The molecule has 2 aliphatic rings. The Morgan fingerprint density at radius 2 is 2.00 bits per heavy atom. The summed E-state index contributed by atoms with van der Waals surface area (Å²) in [7, 11) is 0. The first-order valence-corrected chi connectivity index (χ1v) is 14.1. The van der Waals surface area contributed by atoms with Crippen molar-refractivity contribution in [2.45, 2.75) is 37.2 Å². The molecule has 0 unspecified atom stereocenters. The number of thiocarbonyl (C=S) groups is 1. The number of thioether (sulfide) groups is 2. The monoisotopic (exact) mass is 521 g/mol. The van der Waals surface area contributed by atoms with Crippen LogP contribution in [0.25, 0.3) is 23.0 Å². The van der Waals surface area contributed by atoms with Gasteiger partial charge in [-0.2, -0.15) is 5.10 Å². The van der Waals surface area contributed by atoms with Gasteiger partial charge in [0, 0.05) is 28.8 Å². The van der Waals surface area contributed by atoms with E-state index in [1.807, 2.05) is 59.0 Å². The second-order valence-corrected chi connectivity index (χ2v) is 11.4. The van der Waals surface area contributed by atoms with Crippen molar-refractivity contribution in [3.8, 4) is 16.9 Å². The van der Waals surface area contributed by atoms with Crippen LogP contribution in [0.2, 0.25) is 0 Å². The number of ether oxygens (including phenoxy) is 1. The highest BCUT2D eigenvalue weighted by molar-refractivity contribution is 8.26. The molecule has 2 saturated heterocycles. The number of carbonyl (C=O) groups excluding carboxylic acids is 1. The Morgan fingerprint density at radius 1 is 1.20 bits per heavy atom. The molecule has 0 radical (unpaired) electrons. The van der Waals surface area contributed by atoms with Crippen LogP contribution in [0.4, 0.5) is 0 Å². The number of hydrogen-bond donors (Lipinski definition) is 0. The highest BCUT2D eigenvalue weighted by atomic mass is 32.2. The zero-order valence-corrected chi connectivity index (χ0v) is 22.0. The number of benzene rings is 2. The summed E-state index contributed by atoms with van der Waals surface area (Å²) >= 11 is 8.76. The van der Waals surface area contributed by atoms with Gasteiger partial charge in [0.1, 0.15) is 4.32 Å². The molecule has 0 spiro atoms. The lowest BCUT2D eigenvalue weighted by atomic mass is 10.1. The molecule has 2 fully saturated rings. The molecule has 1 aromatic heterocycles. The van der Waals surface area contributed by atoms with Crippen LogP contribution in [0.1, 0.15) is 31.7 Å². The fourth-order valence-corrected chi connectivity index (χ4v) is 6.18. The second-order valence-electron chi connectivity index (χ2n) is 8.51. The van der Waals surface area contributed by atoms with Crippen molar-refractivity contribution in [3.63, 3.8) is 0 Å². The lowest BCUT2D eigenvalue weighted by Crippen LogP contribution is -2.35. The van der Waals surface area contributed by atoms with Gasteiger partial charge in [-0.3, -0.25) is 9.69 Å². The van der Waals surface area contributed by atoms with E-state index < -0.39 is 0 Å². The quantitative estimate of drug-likeness (QED) is 0.194. The third kappa shape index (κ3) is 5.56. The Balaban J connectivity index is 1.47. The first-order chi connectivity index (χ1) is 17.1. The van der Waals surface area contributed by atoms with Gasteiger partial charge in [-0.15, -0.1) is 11.8 Å². The topological polar surface area (TPSA) is 47.4 Å². The smallest absolute Gasteiger partial charge is 0.266 e. The minimum absolute atomic E-state index is 0.0553. The largest absolute Gasteiger partial charge is 0.376 e. The molecular weight excluding hydrogens is 495 g/mol. The highest BCUT2D eigenvalue weighted by Gasteiger charge is 2.35. The van der Waals surface area contributed by atoms with Crippen LogP contribution in [0.5, 0.6) is 0 Å². The van der Waals surface area contributed by atoms with E-state index in [-0.39, 0.29) is 12.0 Å². The first-order valence-electron chi connectivity index (χ1n) is 11.9. The number of nitrogens with zero attached hydrogens (tertiary/aromatic N) is 3. The Bertz CT molecular complexity index is 1230. The van der Waals surface area contributed by atoms with Gasteiger partial charge < -0.3 is 4.74 Å². The van der Waals surface area contributed by atoms with Crippen molar-refractivity contribution in [1.29, 1.82) is 0 Å². The second kappa shape index (κ2) is 11.1. The minimum atomic E-state index is -0.0553. The van der Waals surface area contributed by atoms with Crippen LogP contribution in [-0.4, -0.2) is 49.9 Å². The summed E-state index contributed by atoms with van der Waals surface area (Å²) in [6.07, 6.45) is 7.12. The van der Waals surface area contributed by atoms with Crippen LogP contribution < -0.4 is 0 Å². The SMILES string of the molecule is CCCSc1ccc(-c2nn(-c3ccccc3)cc2/C=C2\SC(=S)N(C[C@@H]3CCCO3)C2=O)cc1. The lowest BCUT2D eigenvalue weighted by molar-refractivity contribution is -0.123. The van der Waals surface area contributed by atoms with Crippen molar-refractivity contribution >= 4 is 52.0 Å². The van der Waals surface area contributed by atoms with Crippen molar-refractivity contribution in [3.05, 3.63) is 71.3 Å². The summed E-state index contributed by atoms with van der Waals surface area (Å²) in [5.74, 6) is 1.04. The van der Waals surface area contributed by atoms with Crippen LogP contribution in [0.15, 0.2) is 70.6 Å². The molecule has 3 aromatic rings. The van der Waals surface area contributed by atoms with E-state index in [0.717, 1.165) is 54.1 Å². The standard InChI is InChI=1S/C27H27N3O2S3/c1-2-15-34-23-12-10-19(11-13-23)25-20(17-30(28-25)21-7-4-3-5-8-21)16-24-26(31)29(27(33)35-24)18-22-9-6-14-32-22/h3-5,7-8,10-13,16-17,22H,2,6,9,14-15,18H2,1H3/b24-16-/t22-/m0/s1. The fourth-order valence-electron chi connectivity index (χ4n) is 4.15. The molecule has 180 valence electrons. The summed E-state index contributed by atoms with van der Waals surface area (Å²) in [6, 6.07) is 18.5. The molecule has 0 saturated carbocycles. The summed E-state index contributed by atoms with van der Waals surface area (Å²) in [5.41, 5.74) is 3.71. The maximum Gasteiger partial charge on any atom is 0.266 e. The third-order valence-electron chi connectivity index (χ3n) is 5.93. The number of aromatic nitrogens is 2. The first kappa shape index (κ1) is 24.3. The molecule has 2 aromatic carbocycles. The van der Waals surface area contributed by atoms with E-state index in [1.165, 1.54) is 16.7 Å². The summed E-state index contributed by atoms with van der Waals surface area (Å²) in [6.45, 7) is 3.47. The lowest BCUT2D eigenvalue weighted by Gasteiger charge is -2.18. The molecule has 0 aliphatic carbocycles. The normalized spacial score (nSPS) is 19.3. The number of para-hydroxylation sites is 1. The fraction of sp³-hybridized carbons (Fsp3) is 0.296. The molecule has 5 rings (SSSR count). The van der Waals surface area contributed by atoms with Crippen LogP contribution >= 0.6 is 35.7 Å². The molecule has 0 bridgehead atoms. The third-order valence-corrected chi connectivity index (χ3v) is 8.53. The van der Waals surface area contributed by atoms with E-state index in [1.54, 1.807) is 4.90 Å². The van der Waals surface area contributed by atoms with E-state index >= 15 is 0 Å². The molecule has 3 heterocycles. The van der Waals surface area contributed by atoms with E-state index in [0.29, 0.717) is 15.8 Å². The van der Waals surface area contributed by atoms with Crippen LogP contribution in [-0.2, 0) is 9.53 Å². The molecule has 2 aliphatic heterocycles. The molecule has 5 nitrogen and oxygen atoms in total. The summed E-state index contributed by atoms with van der Waals surface area (Å²) in [5, 5.41) is 4.91. The van der Waals surface area contributed by atoms with Gasteiger partial charge in [0.15, 0.2) is 0 Å². The number of amides is 1. The number of hydrogen-bond acceptors (Lipinski definition) is 6. The minimum Gasteiger partial charge on any atom is -0.376 e. The Labute approximate surface area is 219 Å². The van der Waals surface area contributed by atoms with Crippen LogP contribution in [0, 0.1) is 0 Å². The molecular formula is C27H27N3O2S3. The maximum absolute atomic E-state index is 13.2. The Hall–Kier alpha value is -2.39. The van der Waals surface area contributed by atoms with Crippen molar-refractivity contribution in [2.24, 2.45) is 0 Å². The average Bonchev–Trinajstić information content (AvgIpc) is 3.61. The van der Waals surface area contributed by atoms with Gasteiger partial charge in [0.2, 0.25) is 0 Å². The van der Waals surface area contributed by atoms with Gasteiger partial charge in [0.05, 0.1) is 28.9 Å². The number of carbonyl (C=O) groups is 1. The van der Waals surface area contributed by atoms with Crippen molar-refractivity contribution in [1.82, 2.24) is 14.7 Å². The summed E-state index contributed by atoms with van der Waals surface area (Å²) < 4.78 is 8.19. The van der Waals surface area contributed by atoms with Gasteiger partial charge >= 0.3 is 0 Å². The molecule has 0 N–H and O–H groups in total. The zero-order chi connectivity index (χ0) is 24.2. The van der Waals surface area contributed by atoms with Gasteiger partial charge in [-0.25, -0.2) is 4.68 Å². The Morgan fingerprint density at radius 3 is 2.71 bits per heavy atom. The maximum atomic E-state index is 13.2. The molecule has 1 amide bonds. The van der Waals surface area contributed by atoms with E-state index in [9.17, 15) is 4.79 Å². The zero-order valence-electron chi connectivity index (χ0n) is 19.6. The van der Waals surface area contributed by atoms with Crippen LogP contribution in [0.3, 0.4) is 0 Å². The predicted molar refractivity (Wildman–Crippen MR) is 149 cm³/mol. The van der Waals surface area contributed by atoms with Gasteiger partial charge in [0.25, 0.3) is 5.91 Å². The van der Waals surface area contributed by atoms with E-state index in [4.69, 9.17) is 22.1 Å². The summed E-state index contributed by atoms with van der Waals surface area (Å²) in [4.78, 5) is 16.8. The highest BCUT2D eigenvalue weighted by Crippen LogP contribution is 2.36. The molecule has 8 heteroatoms. The van der Waals surface area contributed by atoms with Gasteiger partial charge in [-0.1, -0.05) is 61.2 Å². The van der Waals surface area contributed by atoms with Crippen molar-refractivity contribution in [2.75, 3.05) is 18.9 Å².